The topological polar surface area (TPSA) is 67.1 Å². The number of rotatable bonds is 3. The van der Waals surface area contributed by atoms with Crippen LogP contribution in [0.5, 0.6) is 0 Å². The highest BCUT2D eigenvalue weighted by molar-refractivity contribution is 5.25. The lowest BCUT2D eigenvalue weighted by Gasteiger charge is -2.17. The number of aliphatic hydroxyl groups excluding tert-OH is 1. The second kappa shape index (κ2) is 3.48. The Bertz CT molecular complexity index is 246. The van der Waals surface area contributed by atoms with Gasteiger partial charge < -0.3 is 10.0 Å². The second-order valence-corrected chi connectivity index (χ2v) is 2.83. The van der Waals surface area contributed by atoms with Gasteiger partial charge in [-0.05, 0) is 17.4 Å². The molecule has 0 radical (unpaired) electrons. The van der Waals surface area contributed by atoms with E-state index in [-0.39, 0.29) is 6.10 Å². The predicted molar refractivity (Wildman–Crippen MR) is 43.7 cm³/mol. The van der Waals surface area contributed by atoms with E-state index in [1.54, 1.807) is 23.6 Å². The molecule has 68 valence electrons. The summed E-state index contributed by atoms with van der Waals surface area (Å²) < 4.78 is 1.56. The van der Waals surface area contributed by atoms with Crippen molar-refractivity contribution in [3.63, 3.8) is 0 Å². The molecule has 0 bridgehead atoms. The van der Waals surface area contributed by atoms with Gasteiger partial charge in [-0.25, -0.2) is 4.68 Å². The third-order valence-corrected chi connectivity index (χ3v) is 1.48. The van der Waals surface area contributed by atoms with Crippen LogP contribution in [0.15, 0.2) is 0 Å². The Morgan fingerprint density at radius 3 is 2.75 bits per heavy atom. The fourth-order valence-corrected chi connectivity index (χ4v) is 1.03. The maximum absolute atomic E-state index is 9.09. The number of anilines is 1. The van der Waals surface area contributed by atoms with Crippen LogP contribution in [0.2, 0.25) is 0 Å². The Hall–Kier alpha value is -1.17. The number of aromatic nitrogens is 4. The Balaban J connectivity index is 2.65. The summed E-state index contributed by atoms with van der Waals surface area (Å²) in [6.45, 7) is 2.24. The minimum atomic E-state index is -0.383. The van der Waals surface area contributed by atoms with Crippen LogP contribution in [0.4, 0.5) is 5.95 Å². The van der Waals surface area contributed by atoms with E-state index in [0.717, 1.165) is 0 Å². The number of nitrogens with zero attached hydrogens (tertiary/aromatic N) is 5. The van der Waals surface area contributed by atoms with Crippen LogP contribution < -0.4 is 4.90 Å². The summed E-state index contributed by atoms with van der Waals surface area (Å²) >= 11 is 0. The molecule has 1 N–H and O–H groups in total. The lowest BCUT2D eigenvalue weighted by Crippen LogP contribution is -2.29. The molecule has 1 unspecified atom stereocenters. The molecule has 0 saturated heterocycles. The van der Waals surface area contributed by atoms with Gasteiger partial charge in [0.25, 0.3) is 0 Å². The smallest absolute Gasteiger partial charge is 0.245 e. The van der Waals surface area contributed by atoms with Crippen molar-refractivity contribution in [2.24, 2.45) is 7.05 Å². The molecule has 1 aromatic rings. The minimum Gasteiger partial charge on any atom is -0.392 e. The molecule has 0 amide bonds. The van der Waals surface area contributed by atoms with E-state index >= 15 is 0 Å². The highest BCUT2D eigenvalue weighted by Gasteiger charge is 2.09. The van der Waals surface area contributed by atoms with E-state index in [0.29, 0.717) is 12.5 Å². The number of tetrazole rings is 1. The molecule has 1 heterocycles. The van der Waals surface area contributed by atoms with Crippen molar-refractivity contribution in [1.82, 2.24) is 20.2 Å². The van der Waals surface area contributed by atoms with Crippen molar-refractivity contribution < 1.29 is 5.11 Å². The highest BCUT2D eigenvalue weighted by Crippen LogP contribution is 2.03. The summed E-state index contributed by atoms with van der Waals surface area (Å²) in [5.74, 6) is 0.649. The van der Waals surface area contributed by atoms with E-state index in [2.05, 4.69) is 15.5 Å². The van der Waals surface area contributed by atoms with Crippen molar-refractivity contribution in [1.29, 1.82) is 0 Å². The van der Waals surface area contributed by atoms with Gasteiger partial charge in [-0.15, -0.1) is 0 Å². The zero-order valence-corrected chi connectivity index (χ0v) is 7.47. The van der Waals surface area contributed by atoms with E-state index in [9.17, 15) is 0 Å². The number of hydrogen-bond acceptors (Lipinski definition) is 5. The summed E-state index contributed by atoms with van der Waals surface area (Å²) in [7, 11) is 3.59. The maximum Gasteiger partial charge on any atom is 0.245 e. The first kappa shape index (κ1) is 8.92. The van der Waals surface area contributed by atoms with E-state index in [1.165, 1.54) is 0 Å². The van der Waals surface area contributed by atoms with Gasteiger partial charge in [-0.1, -0.05) is 5.10 Å². The molecule has 1 aromatic heterocycles. The van der Waals surface area contributed by atoms with E-state index < -0.39 is 0 Å². The number of aryl methyl sites for hydroxylation is 1. The van der Waals surface area contributed by atoms with Crippen molar-refractivity contribution in [2.45, 2.75) is 13.0 Å². The van der Waals surface area contributed by atoms with Crippen LogP contribution in [0.3, 0.4) is 0 Å². The van der Waals surface area contributed by atoms with Gasteiger partial charge in [0.05, 0.1) is 6.10 Å². The Morgan fingerprint density at radius 2 is 2.33 bits per heavy atom. The van der Waals surface area contributed by atoms with Crippen LogP contribution in [0.25, 0.3) is 0 Å². The molecule has 1 atom stereocenters. The first-order valence-electron chi connectivity index (χ1n) is 3.73. The fraction of sp³-hybridized carbons (Fsp3) is 0.833. The average Bonchev–Trinajstić information content (AvgIpc) is 2.33. The molecule has 0 aliphatic rings. The van der Waals surface area contributed by atoms with Gasteiger partial charge in [0.15, 0.2) is 0 Å². The molecule has 0 aliphatic heterocycles. The first-order chi connectivity index (χ1) is 5.61. The summed E-state index contributed by atoms with van der Waals surface area (Å²) in [5, 5.41) is 20.0. The maximum atomic E-state index is 9.09. The van der Waals surface area contributed by atoms with Gasteiger partial charge in [-0.2, -0.15) is 0 Å². The molecule has 0 spiro atoms. The lowest BCUT2D eigenvalue weighted by molar-refractivity contribution is 0.201. The summed E-state index contributed by atoms with van der Waals surface area (Å²) in [4.78, 5) is 1.80. The molecule has 0 aliphatic carbocycles. The summed E-state index contributed by atoms with van der Waals surface area (Å²) in [6.07, 6.45) is -0.383. The standard InChI is InChI=1S/C6H13N5O/c1-5(12)4-10(2)6-7-8-9-11(6)3/h5,12H,4H2,1-3H3. The molecule has 0 saturated carbocycles. The third kappa shape index (κ3) is 1.91. The zero-order valence-electron chi connectivity index (χ0n) is 7.47. The SMILES string of the molecule is CC(O)CN(C)c1nnnn1C. The second-order valence-electron chi connectivity index (χ2n) is 2.83. The van der Waals surface area contributed by atoms with Crippen LogP contribution in [-0.4, -0.2) is 45.0 Å². The van der Waals surface area contributed by atoms with Crippen molar-refractivity contribution >= 4 is 5.95 Å². The van der Waals surface area contributed by atoms with Crippen molar-refractivity contribution in [3.05, 3.63) is 0 Å². The third-order valence-electron chi connectivity index (χ3n) is 1.48. The van der Waals surface area contributed by atoms with Gasteiger partial charge in [0, 0.05) is 20.6 Å². The lowest BCUT2D eigenvalue weighted by atomic mass is 10.4. The van der Waals surface area contributed by atoms with Crippen molar-refractivity contribution in [3.8, 4) is 0 Å². The Kier molecular flexibility index (Phi) is 2.59. The minimum absolute atomic E-state index is 0.383. The van der Waals surface area contributed by atoms with Gasteiger partial charge >= 0.3 is 0 Å². The fourth-order valence-electron chi connectivity index (χ4n) is 1.03. The molecule has 1 rings (SSSR count). The summed E-state index contributed by atoms with van der Waals surface area (Å²) in [6, 6.07) is 0. The number of hydrogen-bond donors (Lipinski definition) is 1. The molecule has 0 fully saturated rings. The number of likely N-dealkylation sites (N-methyl/N-ethyl adjacent to an activating group) is 1. The van der Waals surface area contributed by atoms with E-state index in [4.69, 9.17) is 5.11 Å². The van der Waals surface area contributed by atoms with Crippen LogP contribution in [0, 0.1) is 0 Å². The molecule has 12 heavy (non-hydrogen) atoms. The number of aliphatic hydroxyl groups is 1. The molecule has 6 nitrogen and oxygen atoms in total. The largest absolute Gasteiger partial charge is 0.392 e. The Labute approximate surface area is 70.8 Å². The van der Waals surface area contributed by atoms with Gasteiger partial charge in [0.1, 0.15) is 0 Å². The van der Waals surface area contributed by atoms with Crippen LogP contribution in [0.1, 0.15) is 6.92 Å². The Morgan fingerprint density at radius 1 is 1.67 bits per heavy atom. The quantitative estimate of drug-likeness (QED) is 0.633. The highest BCUT2D eigenvalue weighted by atomic mass is 16.3. The summed E-state index contributed by atoms with van der Waals surface area (Å²) in [5.41, 5.74) is 0. The normalized spacial score (nSPS) is 13.0. The van der Waals surface area contributed by atoms with Crippen molar-refractivity contribution in [2.75, 3.05) is 18.5 Å². The average molecular weight is 171 g/mol. The van der Waals surface area contributed by atoms with E-state index in [1.807, 2.05) is 7.05 Å². The molecule has 6 heteroatoms. The van der Waals surface area contributed by atoms with Crippen LogP contribution in [-0.2, 0) is 7.05 Å². The monoisotopic (exact) mass is 171 g/mol. The van der Waals surface area contributed by atoms with Crippen LogP contribution >= 0.6 is 0 Å². The first-order valence-corrected chi connectivity index (χ1v) is 3.73. The molecule has 0 aromatic carbocycles. The molecular weight excluding hydrogens is 158 g/mol. The van der Waals surface area contributed by atoms with Gasteiger partial charge in [-0.3, -0.25) is 0 Å². The van der Waals surface area contributed by atoms with Gasteiger partial charge in [0.2, 0.25) is 5.95 Å². The predicted octanol–water partition coefficient (Wildman–Crippen LogP) is -0.973. The molecular formula is C6H13N5O. The zero-order chi connectivity index (χ0) is 9.14.